The van der Waals surface area contributed by atoms with Gasteiger partial charge in [-0.3, -0.25) is 34.1 Å². The van der Waals surface area contributed by atoms with Crippen LogP contribution in [0.25, 0.3) is 10.8 Å². The van der Waals surface area contributed by atoms with E-state index in [1.54, 1.807) is 67.5 Å². The number of hydrogen-bond donors (Lipinski definition) is 3. The molecule has 2 saturated carbocycles. The number of rotatable bonds is 13. The molecule has 6 rings (SSSR count). The van der Waals surface area contributed by atoms with Crippen molar-refractivity contribution in [3.8, 4) is 11.6 Å². The summed E-state index contributed by atoms with van der Waals surface area (Å²) in [5, 5.41) is 6.84. The minimum atomic E-state index is -3.93. The van der Waals surface area contributed by atoms with Crippen molar-refractivity contribution in [1.82, 2.24) is 24.8 Å². The Hall–Kier alpha value is -4.73. The number of nitrogens with one attached hydrogen (secondary N) is 3. The van der Waals surface area contributed by atoms with E-state index in [-0.39, 0.29) is 31.2 Å². The molecule has 0 bridgehead atoms. The Labute approximate surface area is 326 Å². The first-order valence-corrected chi connectivity index (χ1v) is 20.0. The summed E-state index contributed by atoms with van der Waals surface area (Å²) in [6.07, 6.45) is 3.52. The third-order valence-electron chi connectivity index (χ3n) is 10.4. The summed E-state index contributed by atoms with van der Waals surface area (Å²) in [7, 11) is 0.882. The van der Waals surface area contributed by atoms with E-state index in [1.165, 1.54) is 18.2 Å². The maximum atomic E-state index is 14.4. The Morgan fingerprint density at radius 2 is 1.84 bits per heavy atom. The van der Waals surface area contributed by atoms with Crippen molar-refractivity contribution >= 4 is 61.7 Å². The molecular formula is C39H47ClN6O8S. The third-order valence-corrected chi connectivity index (χ3v) is 12.5. The second kappa shape index (κ2) is 15.1. The number of anilines is 1. The number of halogens is 1. The minimum absolute atomic E-state index is 0.0247. The summed E-state index contributed by atoms with van der Waals surface area (Å²) in [5.74, 6) is -2.05. The van der Waals surface area contributed by atoms with Crippen molar-refractivity contribution in [2.24, 2.45) is 11.3 Å². The molecule has 2 aromatic carbocycles. The highest BCUT2D eigenvalue weighted by atomic mass is 35.5. The zero-order valence-electron chi connectivity index (χ0n) is 31.7. The van der Waals surface area contributed by atoms with Gasteiger partial charge in [-0.15, -0.1) is 6.58 Å². The van der Waals surface area contributed by atoms with E-state index in [4.69, 9.17) is 21.1 Å². The number of amides is 4. The van der Waals surface area contributed by atoms with Crippen LogP contribution in [0, 0.1) is 11.3 Å². The predicted octanol–water partition coefficient (Wildman–Crippen LogP) is 4.14. The quantitative estimate of drug-likeness (QED) is 0.212. The van der Waals surface area contributed by atoms with Crippen molar-refractivity contribution in [3.05, 3.63) is 71.9 Å². The van der Waals surface area contributed by atoms with Gasteiger partial charge in [0.25, 0.3) is 11.8 Å². The number of ether oxygens (including phenoxy) is 2. The number of imide groups is 1. The molecule has 3 fully saturated rings. The van der Waals surface area contributed by atoms with E-state index < -0.39 is 68.1 Å². The van der Waals surface area contributed by atoms with Crippen LogP contribution in [-0.4, -0.2) is 104 Å². The lowest BCUT2D eigenvalue weighted by Gasteiger charge is -2.34. The van der Waals surface area contributed by atoms with Crippen molar-refractivity contribution in [3.63, 3.8) is 0 Å². The number of pyridine rings is 1. The van der Waals surface area contributed by atoms with Gasteiger partial charge in [-0.1, -0.05) is 44.5 Å². The molecule has 1 saturated heterocycles. The van der Waals surface area contributed by atoms with Crippen LogP contribution >= 0.6 is 11.6 Å². The highest BCUT2D eigenvalue weighted by Crippen LogP contribution is 2.53. The van der Waals surface area contributed by atoms with Crippen LogP contribution in [0.4, 0.5) is 5.69 Å². The molecule has 1 aliphatic heterocycles. The average Bonchev–Trinajstić information content (AvgIpc) is 4.06. The second-order valence-electron chi connectivity index (χ2n) is 15.7. The van der Waals surface area contributed by atoms with Crippen LogP contribution in [0.2, 0.25) is 5.02 Å². The van der Waals surface area contributed by atoms with E-state index in [2.05, 4.69) is 26.9 Å². The summed E-state index contributed by atoms with van der Waals surface area (Å²) in [6.45, 7) is 9.43. The van der Waals surface area contributed by atoms with Crippen molar-refractivity contribution in [2.75, 3.05) is 33.1 Å². The molecule has 0 unspecified atom stereocenters. The normalized spacial score (nSPS) is 23.0. The number of nitrogens with zero attached hydrogens (tertiary/aromatic N) is 3. The summed E-state index contributed by atoms with van der Waals surface area (Å²) in [6, 6.07) is 9.89. The van der Waals surface area contributed by atoms with Gasteiger partial charge in [-0.2, -0.15) is 0 Å². The van der Waals surface area contributed by atoms with Gasteiger partial charge in [0.1, 0.15) is 23.4 Å². The number of hydrogen-bond acceptors (Lipinski definition) is 11. The third kappa shape index (κ3) is 8.14. The van der Waals surface area contributed by atoms with E-state index in [0.29, 0.717) is 45.6 Å². The number of benzene rings is 2. The Bertz CT molecular complexity index is 2150. The molecule has 0 spiro atoms. The van der Waals surface area contributed by atoms with E-state index in [1.807, 2.05) is 20.8 Å². The van der Waals surface area contributed by atoms with Crippen LogP contribution in [0.5, 0.6) is 11.6 Å². The lowest BCUT2D eigenvalue weighted by atomic mass is 9.85. The first-order valence-electron chi connectivity index (χ1n) is 18.1. The SMILES string of the molecule is C=C[C@@H]1C[C@@]1(C(=O)NS(=O)(=O)C1CC1)N1C[C@H](Oc2ncc(OC)c3ccc(Cl)cc23)C[C@H]1C(=O)NC(=O)[C@@H](Nc1cccc(C(=O)N(C)C)c1)C(C)(C)C. The molecule has 4 amide bonds. The fourth-order valence-electron chi connectivity index (χ4n) is 7.23. The van der Waals surface area contributed by atoms with Gasteiger partial charge in [0, 0.05) is 60.0 Å². The standard InChI is InChI=1S/C39H47ClN6O8S/c1-8-23-19-39(23,37(50)44-55(51,52)27-13-14-27)46-21-26(54-35-29-17-24(40)12-15-28(29)31(53-7)20-41-35)18-30(46)33(47)43-34(48)32(38(2,3)4)42-25-11-9-10-22(16-25)36(49)45(5)6/h8-12,15-17,20,23,26-27,30,32,42H,1,13-14,18-19,21H2,2-7H3,(H,44,50)(H,43,47,48)/t23-,26-,30+,32-,39-/m1/s1. The summed E-state index contributed by atoms with van der Waals surface area (Å²) in [4.78, 5) is 62.7. The van der Waals surface area contributed by atoms with Gasteiger partial charge in [-0.25, -0.2) is 13.4 Å². The number of methoxy groups -OCH3 is 1. The monoisotopic (exact) mass is 794 g/mol. The molecule has 2 heterocycles. The number of sulfonamides is 1. The van der Waals surface area contributed by atoms with Crippen LogP contribution < -0.4 is 24.8 Å². The first-order chi connectivity index (χ1) is 25.9. The average molecular weight is 795 g/mol. The van der Waals surface area contributed by atoms with Crippen molar-refractivity contribution in [2.45, 2.75) is 75.4 Å². The maximum Gasteiger partial charge on any atom is 0.254 e. The number of likely N-dealkylation sites (tertiary alicyclic amines) is 1. The van der Waals surface area contributed by atoms with Gasteiger partial charge < -0.3 is 19.7 Å². The number of carbonyl (C=O) groups excluding carboxylic acids is 4. The van der Waals surface area contributed by atoms with Crippen molar-refractivity contribution < 1.29 is 37.1 Å². The lowest BCUT2D eigenvalue weighted by molar-refractivity contribution is -0.136. The molecule has 5 atom stereocenters. The summed E-state index contributed by atoms with van der Waals surface area (Å²) in [5.41, 5.74) is -1.23. The van der Waals surface area contributed by atoms with Crippen molar-refractivity contribution in [1.29, 1.82) is 0 Å². The van der Waals surface area contributed by atoms with Crippen LogP contribution in [0.1, 0.15) is 56.8 Å². The highest BCUT2D eigenvalue weighted by molar-refractivity contribution is 7.91. The fourth-order valence-corrected chi connectivity index (χ4v) is 8.76. The van der Waals surface area contributed by atoms with Gasteiger partial charge in [-0.05, 0) is 61.1 Å². The highest BCUT2D eigenvalue weighted by Gasteiger charge is 2.67. The molecular weight excluding hydrogens is 748 g/mol. The number of fused-ring (bicyclic) bond motifs is 1. The Balaban J connectivity index is 1.31. The predicted molar refractivity (Wildman–Crippen MR) is 208 cm³/mol. The summed E-state index contributed by atoms with van der Waals surface area (Å²) < 4.78 is 40.2. The topological polar surface area (TPSA) is 176 Å². The fraction of sp³-hybridized carbons (Fsp3) is 0.462. The smallest absolute Gasteiger partial charge is 0.254 e. The van der Waals surface area contributed by atoms with Gasteiger partial charge in [0.15, 0.2) is 0 Å². The Kier molecular flexibility index (Phi) is 10.9. The second-order valence-corrected chi connectivity index (χ2v) is 18.1. The first kappa shape index (κ1) is 39.9. The van der Waals surface area contributed by atoms with Gasteiger partial charge in [0.05, 0.1) is 24.6 Å². The molecule has 14 nitrogen and oxygen atoms in total. The molecule has 0 radical (unpaired) electrons. The Morgan fingerprint density at radius 1 is 1.11 bits per heavy atom. The van der Waals surface area contributed by atoms with E-state index in [0.717, 1.165) is 0 Å². The van der Waals surface area contributed by atoms with Gasteiger partial charge >= 0.3 is 0 Å². The largest absolute Gasteiger partial charge is 0.494 e. The molecule has 294 valence electrons. The molecule has 3 N–H and O–H groups in total. The summed E-state index contributed by atoms with van der Waals surface area (Å²) >= 11 is 6.35. The molecule has 16 heteroatoms. The van der Waals surface area contributed by atoms with Crippen LogP contribution in [0.15, 0.2) is 61.3 Å². The number of carbonyl (C=O) groups is 4. The van der Waals surface area contributed by atoms with Crippen LogP contribution in [-0.2, 0) is 24.4 Å². The zero-order chi connectivity index (χ0) is 40.0. The van der Waals surface area contributed by atoms with E-state index >= 15 is 0 Å². The maximum absolute atomic E-state index is 14.4. The van der Waals surface area contributed by atoms with Crippen LogP contribution in [0.3, 0.4) is 0 Å². The molecule has 3 aromatic rings. The molecule has 2 aliphatic carbocycles. The molecule has 1 aromatic heterocycles. The molecule has 55 heavy (non-hydrogen) atoms. The minimum Gasteiger partial charge on any atom is -0.494 e. The lowest BCUT2D eigenvalue weighted by Crippen LogP contribution is -2.59. The number of aromatic nitrogens is 1. The Morgan fingerprint density at radius 3 is 2.45 bits per heavy atom. The zero-order valence-corrected chi connectivity index (χ0v) is 33.3. The van der Waals surface area contributed by atoms with E-state index in [9.17, 15) is 27.6 Å². The molecule has 3 aliphatic rings. The van der Waals surface area contributed by atoms with Gasteiger partial charge in [0.2, 0.25) is 27.7 Å².